The van der Waals surface area contributed by atoms with E-state index in [4.69, 9.17) is 0 Å². The number of carbonyl (C=O) groups is 1. The monoisotopic (exact) mass is 212 g/mol. The van der Waals surface area contributed by atoms with E-state index < -0.39 is 11.1 Å². The molecule has 0 radical (unpaired) electrons. The zero-order valence-corrected chi connectivity index (χ0v) is 8.97. The Balaban J connectivity index is 4.60. The van der Waals surface area contributed by atoms with Gasteiger partial charge in [0.1, 0.15) is 0 Å². The smallest absolute Gasteiger partial charge is 0.183 e. The minimum Gasteiger partial charge on any atom is -0.292 e. The van der Waals surface area contributed by atoms with Crippen molar-refractivity contribution in [2.24, 2.45) is 5.92 Å². The van der Waals surface area contributed by atoms with Crippen molar-refractivity contribution in [2.45, 2.75) is 26.3 Å². The summed E-state index contributed by atoms with van der Waals surface area (Å²) in [6.07, 6.45) is 4.91. The topological polar surface area (TPSA) is 72.2 Å². The zero-order valence-electron chi connectivity index (χ0n) is 8.97. The van der Waals surface area contributed by atoms with Gasteiger partial charge in [-0.05, 0) is 12.0 Å². The van der Waals surface area contributed by atoms with Crippen molar-refractivity contribution in [3.63, 3.8) is 0 Å². The maximum Gasteiger partial charge on any atom is 0.183 e. The second-order valence-electron chi connectivity index (χ2n) is 3.25. The van der Waals surface area contributed by atoms with Gasteiger partial charge in [0.2, 0.25) is 0 Å². The molecule has 0 fully saturated rings. The molecule has 0 rings (SSSR count). The fourth-order valence-corrected chi connectivity index (χ4v) is 1.09. The van der Waals surface area contributed by atoms with E-state index in [-0.39, 0.29) is 11.7 Å². The van der Waals surface area contributed by atoms with Gasteiger partial charge in [0, 0.05) is 0 Å². The summed E-state index contributed by atoms with van der Waals surface area (Å²) in [5, 5.41) is 9.62. The van der Waals surface area contributed by atoms with Crippen LogP contribution in [-0.2, 0) is 4.79 Å². The van der Waals surface area contributed by atoms with E-state index in [0.29, 0.717) is 6.42 Å². The van der Waals surface area contributed by atoms with Crippen LogP contribution in [0.15, 0.2) is 24.8 Å². The Hall–Kier alpha value is -1.65. The van der Waals surface area contributed by atoms with Gasteiger partial charge in [-0.15, -0.1) is 5.43 Å². The zero-order chi connectivity index (χ0) is 11.8. The molecule has 2 atom stereocenters. The van der Waals surface area contributed by atoms with Crippen molar-refractivity contribution in [3.05, 3.63) is 34.9 Å². The number of rotatable bonds is 7. The largest absolute Gasteiger partial charge is 0.292 e. The predicted octanol–water partition coefficient (Wildman–Crippen LogP) is 1.49. The minimum absolute atomic E-state index is 0.0858. The number of allylic oxidation sites excluding steroid dienone is 2. The van der Waals surface area contributed by atoms with E-state index in [1.165, 1.54) is 18.2 Å². The Morgan fingerprint density at radius 2 is 2.27 bits per heavy atom. The number of hydrogen-bond acceptors (Lipinski definition) is 3. The summed E-state index contributed by atoms with van der Waals surface area (Å²) >= 11 is 0. The third-order valence-electron chi connectivity index (χ3n) is 2.16. The molecule has 0 aliphatic rings. The molecule has 0 aromatic heterocycles. The van der Waals surface area contributed by atoms with Crippen molar-refractivity contribution in [2.75, 3.05) is 0 Å². The average molecular weight is 212 g/mol. The van der Waals surface area contributed by atoms with Crippen LogP contribution in [0, 0.1) is 16.0 Å². The Kier molecular flexibility index (Phi) is 6.01. The van der Waals surface area contributed by atoms with Crippen molar-refractivity contribution in [1.82, 2.24) is 5.43 Å². The first-order valence-corrected chi connectivity index (χ1v) is 4.76. The normalized spacial score (nSPS) is 14.5. The quantitative estimate of drug-likeness (QED) is 0.300. The SMILES string of the molecule is C=CC=CC(=O)[C@@H](N[N+](=O)[O-])[C@@H](C)CC. The molecule has 0 aromatic rings. The maximum atomic E-state index is 11.5. The molecular formula is C10H16N2O3. The highest BCUT2D eigenvalue weighted by Crippen LogP contribution is 2.09. The molecular weight excluding hydrogens is 196 g/mol. The fourth-order valence-electron chi connectivity index (χ4n) is 1.09. The number of hydrogen-bond donors (Lipinski definition) is 1. The van der Waals surface area contributed by atoms with Gasteiger partial charge in [-0.2, -0.15) is 0 Å². The van der Waals surface area contributed by atoms with Gasteiger partial charge in [0.15, 0.2) is 16.9 Å². The first-order valence-electron chi connectivity index (χ1n) is 4.76. The molecule has 0 unspecified atom stereocenters. The van der Waals surface area contributed by atoms with Crippen LogP contribution in [0.5, 0.6) is 0 Å². The van der Waals surface area contributed by atoms with E-state index in [1.807, 2.05) is 12.3 Å². The van der Waals surface area contributed by atoms with Crippen LogP contribution in [0.4, 0.5) is 0 Å². The van der Waals surface area contributed by atoms with Crippen LogP contribution in [0.2, 0.25) is 0 Å². The summed E-state index contributed by atoms with van der Waals surface area (Å²) in [4.78, 5) is 21.8. The third kappa shape index (κ3) is 4.95. The molecule has 0 spiro atoms. The third-order valence-corrected chi connectivity index (χ3v) is 2.16. The van der Waals surface area contributed by atoms with Crippen molar-refractivity contribution in [1.29, 1.82) is 0 Å². The predicted molar refractivity (Wildman–Crippen MR) is 57.7 cm³/mol. The van der Waals surface area contributed by atoms with Crippen molar-refractivity contribution in [3.8, 4) is 0 Å². The Morgan fingerprint density at radius 1 is 1.67 bits per heavy atom. The van der Waals surface area contributed by atoms with Gasteiger partial charge in [-0.3, -0.25) is 4.79 Å². The molecule has 0 aliphatic carbocycles. The molecule has 84 valence electrons. The van der Waals surface area contributed by atoms with Gasteiger partial charge >= 0.3 is 0 Å². The number of nitrogens with one attached hydrogen (secondary N) is 1. The summed E-state index contributed by atoms with van der Waals surface area (Å²) in [5.41, 5.74) is 2.03. The van der Waals surface area contributed by atoms with Crippen LogP contribution in [0.3, 0.4) is 0 Å². The van der Waals surface area contributed by atoms with Crippen LogP contribution in [-0.4, -0.2) is 16.9 Å². The standard InChI is InChI=1S/C10H16N2O3/c1-4-6-7-9(13)10(8(3)5-2)11-12(14)15/h4,6-8,10-11H,1,5H2,2-3H3/t8-,10-/m0/s1. The second-order valence-corrected chi connectivity index (χ2v) is 3.25. The van der Waals surface area contributed by atoms with Gasteiger partial charge in [0.25, 0.3) is 0 Å². The van der Waals surface area contributed by atoms with E-state index in [2.05, 4.69) is 6.58 Å². The maximum absolute atomic E-state index is 11.5. The van der Waals surface area contributed by atoms with Crippen molar-refractivity contribution < 1.29 is 9.83 Å². The van der Waals surface area contributed by atoms with Crippen LogP contribution < -0.4 is 5.43 Å². The lowest BCUT2D eigenvalue weighted by molar-refractivity contribution is -0.549. The summed E-state index contributed by atoms with van der Waals surface area (Å²) < 4.78 is 0. The second kappa shape index (κ2) is 6.75. The lowest BCUT2D eigenvalue weighted by Gasteiger charge is -2.16. The molecule has 0 bridgehead atoms. The highest BCUT2D eigenvalue weighted by atomic mass is 16.7. The van der Waals surface area contributed by atoms with Crippen molar-refractivity contribution >= 4 is 5.78 Å². The lowest BCUT2D eigenvalue weighted by Crippen LogP contribution is -2.44. The molecule has 0 saturated heterocycles. The summed E-state index contributed by atoms with van der Waals surface area (Å²) in [6.45, 7) is 7.10. The number of nitro groups is 1. The average Bonchev–Trinajstić information content (AvgIpc) is 2.21. The summed E-state index contributed by atoms with van der Waals surface area (Å²) in [7, 11) is 0. The minimum atomic E-state index is -0.777. The number of carbonyl (C=O) groups excluding carboxylic acids is 1. The molecule has 0 aliphatic heterocycles. The molecule has 0 aromatic carbocycles. The van der Waals surface area contributed by atoms with Gasteiger partial charge in [-0.1, -0.05) is 39.0 Å². The van der Waals surface area contributed by atoms with Crippen LogP contribution in [0.1, 0.15) is 20.3 Å². The Morgan fingerprint density at radius 3 is 2.67 bits per heavy atom. The van der Waals surface area contributed by atoms with E-state index >= 15 is 0 Å². The van der Waals surface area contributed by atoms with Gasteiger partial charge in [0.05, 0.1) is 0 Å². The van der Waals surface area contributed by atoms with E-state index in [0.717, 1.165) is 0 Å². The Labute approximate surface area is 89.0 Å². The van der Waals surface area contributed by atoms with Crippen LogP contribution in [0.25, 0.3) is 0 Å². The Bertz CT molecular complexity index is 274. The summed E-state index contributed by atoms with van der Waals surface area (Å²) in [6, 6.07) is -0.777. The molecule has 1 N–H and O–H groups in total. The molecule has 0 saturated carbocycles. The van der Waals surface area contributed by atoms with Gasteiger partial charge in [-0.25, -0.2) is 10.1 Å². The molecule has 5 heteroatoms. The highest BCUT2D eigenvalue weighted by molar-refractivity contribution is 5.94. The highest BCUT2D eigenvalue weighted by Gasteiger charge is 2.25. The first-order chi connectivity index (χ1) is 7.02. The number of nitrogens with zero attached hydrogens (tertiary/aromatic N) is 1. The van der Waals surface area contributed by atoms with E-state index in [1.54, 1.807) is 6.92 Å². The number of ketones is 1. The number of hydrazine groups is 1. The van der Waals surface area contributed by atoms with Crippen LogP contribution >= 0.6 is 0 Å². The molecule has 0 amide bonds. The summed E-state index contributed by atoms with van der Waals surface area (Å²) in [5.74, 6) is -0.390. The molecule has 5 nitrogen and oxygen atoms in total. The van der Waals surface area contributed by atoms with E-state index in [9.17, 15) is 14.9 Å². The first kappa shape index (κ1) is 13.4. The molecule has 0 heterocycles. The van der Waals surface area contributed by atoms with Gasteiger partial charge < -0.3 is 0 Å². The fraction of sp³-hybridized carbons (Fsp3) is 0.500. The lowest BCUT2D eigenvalue weighted by atomic mass is 9.96. The molecule has 15 heavy (non-hydrogen) atoms.